The van der Waals surface area contributed by atoms with E-state index in [4.69, 9.17) is 25.5 Å². The molecular weight excluding hydrogens is 366 g/mol. The van der Waals surface area contributed by atoms with Crippen LogP contribution >= 0.6 is 0 Å². The molecule has 0 saturated carbocycles. The standard InChI is InChI=1S/C24H39NO4/c1-10-11-21(26-6)15-22(27-7)16-23(28-8)17-24(29-9)19(3)14-18(2)12-13-20(4)25-5/h10,12-14,21-24H,1,11,15-17H2,2-4,6-9H3. The van der Waals surface area contributed by atoms with E-state index in [0.29, 0.717) is 5.70 Å². The highest BCUT2D eigenvalue weighted by atomic mass is 16.5. The first-order valence-electron chi connectivity index (χ1n) is 9.97. The number of allylic oxidation sites excluding steroid dienone is 5. The van der Waals surface area contributed by atoms with E-state index in [1.165, 1.54) is 0 Å². The van der Waals surface area contributed by atoms with Crippen LogP contribution in [-0.4, -0.2) is 52.9 Å². The lowest BCUT2D eigenvalue weighted by molar-refractivity contribution is -0.0263. The summed E-state index contributed by atoms with van der Waals surface area (Å²) in [6.07, 6.45) is 10.9. The number of nitrogens with zero attached hydrogens (tertiary/aromatic N) is 1. The van der Waals surface area contributed by atoms with Crippen molar-refractivity contribution in [1.29, 1.82) is 0 Å². The van der Waals surface area contributed by atoms with E-state index in [1.807, 2.05) is 25.2 Å². The zero-order valence-electron chi connectivity index (χ0n) is 19.2. The van der Waals surface area contributed by atoms with Crippen molar-refractivity contribution in [2.45, 2.75) is 70.9 Å². The average molecular weight is 406 g/mol. The summed E-state index contributed by atoms with van der Waals surface area (Å²) in [4.78, 5) is 3.39. The molecule has 0 amide bonds. The number of hydrogen-bond acceptors (Lipinski definition) is 4. The van der Waals surface area contributed by atoms with Gasteiger partial charge < -0.3 is 18.9 Å². The van der Waals surface area contributed by atoms with Gasteiger partial charge in [0, 0.05) is 41.3 Å². The predicted octanol–water partition coefficient (Wildman–Crippen LogP) is 5.51. The first kappa shape index (κ1) is 27.3. The van der Waals surface area contributed by atoms with E-state index in [2.05, 4.69) is 24.4 Å². The lowest BCUT2D eigenvalue weighted by Gasteiger charge is -2.27. The minimum atomic E-state index is -0.0573. The minimum Gasteiger partial charge on any atom is -0.381 e. The Morgan fingerprint density at radius 1 is 0.862 bits per heavy atom. The molecule has 4 atom stereocenters. The molecule has 0 aromatic carbocycles. The van der Waals surface area contributed by atoms with Crippen LogP contribution < -0.4 is 0 Å². The van der Waals surface area contributed by atoms with Crippen LogP contribution in [0, 0.1) is 6.57 Å². The van der Waals surface area contributed by atoms with Crippen molar-refractivity contribution >= 4 is 0 Å². The second-order valence-corrected chi connectivity index (χ2v) is 7.25. The molecule has 0 aromatic heterocycles. The Morgan fingerprint density at radius 3 is 1.90 bits per heavy atom. The maximum absolute atomic E-state index is 7.00. The fourth-order valence-electron chi connectivity index (χ4n) is 3.13. The van der Waals surface area contributed by atoms with E-state index < -0.39 is 0 Å². The van der Waals surface area contributed by atoms with Gasteiger partial charge in [0.25, 0.3) is 0 Å². The number of rotatable bonds is 15. The summed E-state index contributed by atoms with van der Waals surface area (Å²) in [5.74, 6) is 0. The quantitative estimate of drug-likeness (QED) is 0.205. The summed E-state index contributed by atoms with van der Waals surface area (Å²) in [7, 11) is 6.89. The predicted molar refractivity (Wildman–Crippen MR) is 120 cm³/mol. The summed E-state index contributed by atoms with van der Waals surface area (Å²) in [5, 5.41) is 0. The molecule has 5 heteroatoms. The molecule has 0 aliphatic carbocycles. The van der Waals surface area contributed by atoms with Crippen LogP contribution in [0.15, 0.2) is 47.7 Å². The highest BCUT2D eigenvalue weighted by Gasteiger charge is 2.23. The van der Waals surface area contributed by atoms with Gasteiger partial charge in [0.1, 0.15) is 0 Å². The maximum Gasteiger partial charge on any atom is 0.162 e. The first-order chi connectivity index (χ1) is 13.8. The third-order valence-corrected chi connectivity index (χ3v) is 4.97. The zero-order valence-corrected chi connectivity index (χ0v) is 19.2. The van der Waals surface area contributed by atoms with E-state index in [1.54, 1.807) is 35.4 Å². The average Bonchev–Trinajstić information content (AvgIpc) is 2.73. The topological polar surface area (TPSA) is 41.3 Å². The van der Waals surface area contributed by atoms with Gasteiger partial charge in [0.05, 0.1) is 31.0 Å². The Kier molecular flexibility index (Phi) is 15.2. The number of methoxy groups -OCH3 is 4. The second-order valence-electron chi connectivity index (χ2n) is 7.25. The Balaban J connectivity index is 5.10. The molecule has 0 bridgehead atoms. The molecule has 0 saturated heterocycles. The monoisotopic (exact) mass is 405 g/mol. The van der Waals surface area contributed by atoms with Crippen molar-refractivity contribution in [2.24, 2.45) is 0 Å². The van der Waals surface area contributed by atoms with E-state index >= 15 is 0 Å². The molecule has 164 valence electrons. The van der Waals surface area contributed by atoms with Crippen molar-refractivity contribution in [3.63, 3.8) is 0 Å². The van der Waals surface area contributed by atoms with Gasteiger partial charge in [-0.25, -0.2) is 4.85 Å². The van der Waals surface area contributed by atoms with Crippen LogP contribution in [0.2, 0.25) is 0 Å². The maximum atomic E-state index is 7.00. The van der Waals surface area contributed by atoms with Crippen LogP contribution in [-0.2, 0) is 18.9 Å². The Hall–Kier alpha value is -1.71. The Bertz CT molecular complexity index is 600. The summed E-state index contributed by atoms with van der Waals surface area (Å²) in [5.41, 5.74) is 2.85. The van der Waals surface area contributed by atoms with Gasteiger partial charge >= 0.3 is 0 Å². The molecular formula is C24H39NO4. The first-order valence-corrected chi connectivity index (χ1v) is 9.97. The van der Waals surface area contributed by atoms with Gasteiger partial charge in [-0.15, -0.1) is 6.58 Å². The smallest absolute Gasteiger partial charge is 0.162 e. The summed E-state index contributed by atoms with van der Waals surface area (Å²) in [6.45, 7) is 16.7. The number of hydrogen-bond donors (Lipinski definition) is 0. The molecule has 0 aliphatic rings. The fourth-order valence-corrected chi connectivity index (χ4v) is 3.13. The highest BCUT2D eigenvalue weighted by molar-refractivity contribution is 5.28. The molecule has 4 unspecified atom stereocenters. The van der Waals surface area contributed by atoms with Crippen molar-refractivity contribution in [3.05, 3.63) is 59.1 Å². The lowest BCUT2D eigenvalue weighted by Crippen LogP contribution is -2.30. The van der Waals surface area contributed by atoms with Gasteiger partial charge in [0.2, 0.25) is 0 Å². The number of ether oxygens (including phenoxy) is 4. The van der Waals surface area contributed by atoms with Gasteiger partial charge in [-0.05, 0) is 39.2 Å². The van der Waals surface area contributed by atoms with Crippen LogP contribution in [0.1, 0.15) is 46.5 Å². The van der Waals surface area contributed by atoms with E-state index in [9.17, 15) is 0 Å². The molecule has 0 spiro atoms. The molecule has 0 N–H and O–H groups in total. The van der Waals surface area contributed by atoms with Gasteiger partial charge in [-0.2, -0.15) is 0 Å². The van der Waals surface area contributed by atoms with Gasteiger partial charge in [-0.3, -0.25) is 0 Å². The van der Waals surface area contributed by atoms with E-state index in [-0.39, 0.29) is 24.4 Å². The molecule has 0 heterocycles. The van der Waals surface area contributed by atoms with Crippen molar-refractivity contribution in [3.8, 4) is 0 Å². The molecule has 5 nitrogen and oxygen atoms in total. The molecule has 0 radical (unpaired) electrons. The molecule has 0 fully saturated rings. The van der Waals surface area contributed by atoms with Gasteiger partial charge in [0.15, 0.2) is 5.70 Å². The van der Waals surface area contributed by atoms with Crippen LogP contribution in [0.3, 0.4) is 0 Å². The SMILES string of the molecule is [C-]#[N+]C(C)=CC=C(C)C=C(C)C(CC(CC(CC(CC=C)OC)OC)OC)OC. The molecule has 29 heavy (non-hydrogen) atoms. The van der Waals surface area contributed by atoms with Crippen molar-refractivity contribution in [1.82, 2.24) is 0 Å². The summed E-state index contributed by atoms with van der Waals surface area (Å²) < 4.78 is 22.7. The summed E-state index contributed by atoms with van der Waals surface area (Å²) in [6, 6.07) is 0. The second kappa shape index (κ2) is 16.1. The largest absolute Gasteiger partial charge is 0.381 e. The zero-order chi connectivity index (χ0) is 22.2. The van der Waals surface area contributed by atoms with Crippen molar-refractivity contribution in [2.75, 3.05) is 28.4 Å². The Morgan fingerprint density at radius 2 is 1.41 bits per heavy atom. The normalized spacial score (nSPS) is 17.4. The third-order valence-electron chi connectivity index (χ3n) is 4.97. The van der Waals surface area contributed by atoms with Crippen LogP contribution in [0.5, 0.6) is 0 Å². The molecule has 0 aliphatic heterocycles. The minimum absolute atomic E-state index is 0.00280. The van der Waals surface area contributed by atoms with Crippen molar-refractivity contribution < 1.29 is 18.9 Å². The van der Waals surface area contributed by atoms with Gasteiger partial charge in [-0.1, -0.05) is 29.9 Å². The Labute approximate surface area is 177 Å². The highest BCUT2D eigenvalue weighted by Crippen LogP contribution is 2.22. The summed E-state index contributed by atoms with van der Waals surface area (Å²) >= 11 is 0. The molecule has 0 aromatic rings. The fraction of sp³-hybridized carbons (Fsp3) is 0.625. The van der Waals surface area contributed by atoms with Crippen LogP contribution in [0.25, 0.3) is 4.85 Å². The third kappa shape index (κ3) is 11.8. The molecule has 0 rings (SSSR count). The lowest BCUT2D eigenvalue weighted by atomic mass is 9.96. The van der Waals surface area contributed by atoms with E-state index in [0.717, 1.165) is 36.8 Å². The van der Waals surface area contributed by atoms with Crippen LogP contribution in [0.4, 0.5) is 0 Å².